The number of carboxylic acids is 1. The Morgan fingerprint density at radius 1 is 1.33 bits per heavy atom. The fraction of sp³-hybridized carbons (Fsp3) is 0.636. The molecule has 1 saturated heterocycles. The van der Waals surface area contributed by atoms with Gasteiger partial charge in [0, 0.05) is 44.6 Å². The molecule has 2 N–H and O–H groups in total. The van der Waals surface area contributed by atoms with E-state index in [1.165, 1.54) is 11.3 Å². The molecule has 2 rings (SSSR count). The highest BCUT2D eigenvalue weighted by atomic mass is 32.1. The third-order valence-electron chi connectivity index (χ3n) is 3.00. The van der Waals surface area contributed by atoms with Gasteiger partial charge in [-0.15, -0.1) is 11.3 Å². The zero-order valence-corrected chi connectivity index (χ0v) is 10.9. The Morgan fingerprint density at radius 3 is 2.56 bits per heavy atom. The van der Waals surface area contributed by atoms with Crippen molar-refractivity contribution in [3.8, 4) is 0 Å². The highest BCUT2D eigenvalue weighted by Crippen LogP contribution is 2.13. The Labute approximate surface area is 109 Å². The number of hydrogen-bond donors (Lipinski definition) is 2. The first kappa shape index (κ1) is 13.4. The fourth-order valence-corrected chi connectivity index (χ4v) is 2.67. The molecule has 2 heterocycles. The van der Waals surface area contributed by atoms with E-state index in [1.54, 1.807) is 0 Å². The SMILES string of the molecule is O=C(O)c1nc(CN2CCN(CCO)CC2)cs1. The van der Waals surface area contributed by atoms with E-state index >= 15 is 0 Å². The summed E-state index contributed by atoms with van der Waals surface area (Å²) in [4.78, 5) is 19.3. The summed E-state index contributed by atoms with van der Waals surface area (Å²) >= 11 is 1.17. The minimum absolute atomic E-state index is 0.156. The summed E-state index contributed by atoms with van der Waals surface area (Å²) in [5.74, 6) is -0.959. The molecule has 1 fully saturated rings. The Bertz CT molecular complexity index is 402. The van der Waals surface area contributed by atoms with Gasteiger partial charge < -0.3 is 10.2 Å². The van der Waals surface area contributed by atoms with Gasteiger partial charge in [0.05, 0.1) is 12.3 Å². The Kier molecular flexibility index (Phi) is 4.65. The number of thiazole rings is 1. The van der Waals surface area contributed by atoms with Gasteiger partial charge in [0.15, 0.2) is 0 Å². The van der Waals surface area contributed by atoms with Crippen LogP contribution in [0.5, 0.6) is 0 Å². The Morgan fingerprint density at radius 2 is 2.00 bits per heavy atom. The van der Waals surface area contributed by atoms with Gasteiger partial charge in [0.1, 0.15) is 0 Å². The van der Waals surface area contributed by atoms with Crippen molar-refractivity contribution in [3.05, 3.63) is 16.1 Å². The molecular formula is C11H17N3O3S. The van der Waals surface area contributed by atoms with Crippen LogP contribution in [0.1, 0.15) is 15.5 Å². The molecule has 0 saturated carbocycles. The minimum Gasteiger partial charge on any atom is -0.476 e. The molecule has 18 heavy (non-hydrogen) atoms. The number of aliphatic hydroxyl groups is 1. The first-order chi connectivity index (χ1) is 8.69. The zero-order chi connectivity index (χ0) is 13.0. The summed E-state index contributed by atoms with van der Waals surface area (Å²) in [5, 5.41) is 19.6. The average Bonchev–Trinajstić information content (AvgIpc) is 2.81. The summed E-state index contributed by atoms with van der Waals surface area (Å²) < 4.78 is 0. The van der Waals surface area contributed by atoms with Gasteiger partial charge in [-0.1, -0.05) is 0 Å². The van der Waals surface area contributed by atoms with E-state index < -0.39 is 5.97 Å². The summed E-state index contributed by atoms with van der Waals surface area (Å²) in [7, 11) is 0. The molecule has 0 aliphatic carbocycles. The maximum Gasteiger partial charge on any atom is 0.365 e. The van der Waals surface area contributed by atoms with Crippen molar-refractivity contribution < 1.29 is 15.0 Å². The third kappa shape index (κ3) is 3.49. The fourth-order valence-electron chi connectivity index (χ4n) is 2.02. The monoisotopic (exact) mass is 271 g/mol. The van der Waals surface area contributed by atoms with Crippen LogP contribution in [0.25, 0.3) is 0 Å². The van der Waals surface area contributed by atoms with E-state index in [-0.39, 0.29) is 11.6 Å². The third-order valence-corrected chi connectivity index (χ3v) is 3.88. The van der Waals surface area contributed by atoms with Crippen molar-refractivity contribution in [1.29, 1.82) is 0 Å². The second kappa shape index (κ2) is 6.24. The van der Waals surface area contributed by atoms with Crippen molar-refractivity contribution in [2.45, 2.75) is 6.54 Å². The van der Waals surface area contributed by atoms with Crippen LogP contribution in [0.15, 0.2) is 5.38 Å². The number of nitrogens with zero attached hydrogens (tertiary/aromatic N) is 3. The molecule has 0 spiro atoms. The summed E-state index contributed by atoms with van der Waals surface area (Å²) in [6, 6.07) is 0. The number of carbonyl (C=O) groups is 1. The molecular weight excluding hydrogens is 254 g/mol. The molecule has 0 aromatic carbocycles. The number of aromatic carboxylic acids is 1. The van der Waals surface area contributed by atoms with Crippen LogP contribution in [0.2, 0.25) is 0 Å². The summed E-state index contributed by atoms with van der Waals surface area (Å²) in [5.41, 5.74) is 0.827. The highest BCUT2D eigenvalue weighted by Gasteiger charge is 2.18. The van der Waals surface area contributed by atoms with E-state index in [0.717, 1.165) is 38.4 Å². The average molecular weight is 271 g/mol. The van der Waals surface area contributed by atoms with Gasteiger partial charge in [-0.2, -0.15) is 0 Å². The van der Waals surface area contributed by atoms with Crippen molar-refractivity contribution in [1.82, 2.24) is 14.8 Å². The largest absolute Gasteiger partial charge is 0.476 e. The van der Waals surface area contributed by atoms with Crippen LogP contribution < -0.4 is 0 Å². The lowest BCUT2D eigenvalue weighted by Gasteiger charge is -2.33. The molecule has 0 atom stereocenters. The zero-order valence-electron chi connectivity index (χ0n) is 10.1. The van der Waals surface area contributed by atoms with E-state index in [9.17, 15) is 4.79 Å². The van der Waals surface area contributed by atoms with Gasteiger partial charge in [-0.25, -0.2) is 9.78 Å². The number of aliphatic hydroxyl groups excluding tert-OH is 1. The minimum atomic E-state index is -0.959. The molecule has 1 aliphatic rings. The summed E-state index contributed by atoms with van der Waals surface area (Å²) in [6.07, 6.45) is 0. The van der Waals surface area contributed by atoms with Gasteiger partial charge >= 0.3 is 5.97 Å². The smallest absolute Gasteiger partial charge is 0.365 e. The van der Waals surface area contributed by atoms with Crippen LogP contribution in [0, 0.1) is 0 Å². The molecule has 1 aliphatic heterocycles. The summed E-state index contributed by atoms with van der Waals surface area (Å²) in [6.45, 7) is 5.38. The first-order valence-corrected chi connectivity index (χ1v) is 6.80. The van der Waals surface area contributed by atoms with E-state index in [2.05, 4.69) is 14.8 Å². The van der Waals surface area contributed by atoms with E-state index in [1.807, 2.05) is 5.38 Å². The lowest BCUT2D eigenvalue weighted by Crippen LogP contribution is -2.46. The molecule has 0 unspecified atom stereocenters. The van der Waals surface area contributed by atoms with Crippen LogP contribution in [0.4, 0.5) is 0 Å². The Hall–Kier alpha value is -1.02. The molecule has 6 nitrogen and oxygen atoms in total. The van der Waals surface area contributed by atoms with Crippen LogP contribution in [-0.4, -0.2) is 70.3 Å². The predicted octanol–water partition coefficient (Wildman–Crippen LogP) is -0.0488. The lowest BCUT2D eigenvalue weighted by molar-refractivity contribution is 0.0695. The van der Waals surface area contributed by atoms with Crippen LogP contribution >= 0.6 is 11.3 Å². The number of piperazine rings is 1. The maximum atomic E-state index is 10.7. The Balaban J connectivity index is 1.82. The van der Waals surface area contributed by atoms with Crippen molar-refractivity contribution in [2.75, 3.05) is 39.3 Å². The molecule has 1 aromatic heterocycles. The number of carboxylic acid groups (broad SMARTS) is 1. The van der Waals surface area contributed by atoms with Crippen LogP contribution in [-0.2, 0) is 6.54 Å². The van der Waals surface area contributed by atoms with E-state index in [4.69, 9.17) is 10.2 Å². The second-order valence-electron chi connectivity index (χ2n) is 4.29. The normalized spacial score (nSPS) is 18.1. The number of rotatable bonds is 5. The van der Waals surface area contributed by atoms with Gasteiger partial charge in [0.25, 0.3) is 0 Å². The molecule has 7 heteroatoms. The second-order valence-corrected chi connectivity index (χ2v) is 5.15. The number of aromatic nitrogens is 1. The topological polar surface area (TPSA) is 76.9 Å². The predicted molar refractivity (Wildman–Crippen MR) is 67.9 cm³/mol. The highest BCUT2D eigenvalue weighted by molar-refractivity contribution is 7.11. The first-order valence-electron chi connectivity index (χ1n) is 5.92. The van der Waals surface area contributed by atoms with Crippen molar-refractivity contribution in [2.24, 2.45) is 0 Å². The number of β-amino-alcohol motifs (C(OH)–C–C–N with tert-alkyl or cyclic N) is 1. The molecule has 0 bridgehead atoms. The molecule has 0 radical (unpaired) electrons. The number of hydrogen-bond acceptors (Lipinski definition) is 6. The molecule has 1 aromatic rings. The standard InChI is InChI=1S/C11H17N3O3S/c15-6-5-13-1-3-14(4-2-13)7-9-8-18-10(12-9)11(16)17/h8,15H,1-7H2,(H,16,17). The quantitative estimate of drug-likeness (QED) is 0.782. The van der Waals surface area contributed by atoms with Gasteiger partial charge in [-0.3, -0.25) is 9.80 Å². The van der Waals surface area contributed by atoms with Crippen molar-refractivity contribution in [3.63, 3.8) is 0 Å². The lowest BCUT2D eigenvalue weighted by atomic mass is 10.3. The molecule has 0 amide bonds. The maximum absolute atomic E-state index is 10.7. The van der Waals surface area contributed by atoms with Crippen LogP contribution in [0.3, 0.4) is 0 Å². The van der Waals surface area contributed by atoms with Crippen molar-refractivity contribution >= 4 is 17.3 Å². The van der Waals surface area contributed by atoms with Gasteiger partial charge in [0.2, 0.25) is 5.01 Å². The molecule has 100 valence electrons. The van der Waals surface area contributed by atoms with Gasteiger partial charge in [-0.05, 0) is 0 Å². The van der Waals surface area contributed by atoms with E-state index in [0.29, 0.717) is 6.54 Å².